The molecule has 2 N–H and O–H groups in total. The van der Waals surface area contributed by atoms with Gasteiger partial charge in [-0.3, -0.25) is 0 Å². The Morgan fingerprint density at radius 1 is 1.26 bits per heavy atom. The summed E-state index contributed by atoms with van der Waals surface area (Å²) >= 11 is 6.41. The Balaban J connectivity index is 2.04. The molecule has 1 aromatic rings. The van der Waals surface area contributed by atoms with E-state index in [1.54, 1.807) is 6.92 Å². The summed E-state index contributed by atoms with van der Waals surface area (Å²) in [5.74, 6) is 0.746. The highest BCUT2D eigenvalue weighted by atomic mass is 35.5. The summed E-state index contributed by atoms with van der Waals surface area (Å²) in [7, 11) is 0. The summed E-state index contributed by atoms with van der Waals surface area (Å²) in [5, 5.41) is 18.7. The number of hydrogen-bond donors (Lipinski definition) is 2. The molecule has 0 fully saturated rings. The van der Waals surface area contributed by atoms with E-state index >= 15 is 0 Å². The average molecular weight is 338 g/mol. The van der Waals surface area contributed by atoms with Crippen LogP contribution in [0.2, 0.25) is 0 Å². The molecule has 2 rings (SSSR count). The van der Waals surface area contributed by atoms with Crippen LogP contribution >= 0.6 is 11.6 Å². The molecular formula is C18H24ClNO3. The normalized spacial score (nSPS) is 20.1. The van der Waals surface area contributed by atoms with Crippen molar-refractivity contribution in [1.29, 1.82) is 0 Å². The zero-order chi connectivity index (χ0) is 16.8. The van der Waals surface area contributed by atoms with Crippen molar-refractivity contribution in [2.45, 2.75) is 37.9 Å². The SMILES string of the molecule is CC(O)C1=CC=CC(Cl)N1C(C)Cc1ccc(OCCO)cc1. The molecule has 1 aromatic carbocycles. The molecule has 4 nitrogen and oxygen atoms in total. The third-order valence-corrected chi connectivity index (χ3v) is 4.17. The smallest absolute Gasteiger partial charge is 0.123 e. The minimum absolute atomic E-state index is 0.00678. The van der Waals surface area contributed by atoms with Gasteiger partial charge in [0.25, 0.3) is 0 Å². The van der Waals surface area contributed by atoms with Crippen LogP contribution in [0.1, 0.15) is 19.4 Å². The molecule has 5 heteroatoms. The van der Waals surface area contributed by atoms with Gasteiger partial charge in [-0.05, 0) is 50.1 Å². The van der Waals surface area contributed by atoms with E-state index in [2.05, 4.69) is 6.92 Å². The van der Waals surface area contributed by atoms with Crippen LogP contribution in [0, 0.1) is 0 Å². The van der Waals surface area contributed by atoms with Gasteiger partial charge in [0.05, 0.1) is 12.7 Å². The highest BCUT2D eigenvalue weighted by Gasteiger charge is 2.26. The Bertz CT molecular complexity index is 554. The van der Waals surface area contributed by atoms with Gasteiger partial charge in [-0.1, -0.05) is 29.8 Å². The maximum Gasteiger partial charge on any atom is 0.123 e. The number of aliphatic hydroxyl groups is 2. The van der Waals surface area contributed by atoms with Crippen LogP contribution in [0.15, 0.2) is 48.2 Å². The van der Waals surface area contributed by atoms with Crippen LogP contribution in [0.3, 0.4) is 0 Å². The van der Waals surface area contributed by atoms with Crippen LogP contribution in [-0.4, -0.2) is 46.0 Å². The van der Waals surface area contributed by atoms with Crippen molar-refractivity contribution in [3.63, 3.8) is 0 Å². The zero-order valence-electron chi connectivity index (χ0n) is 13.5. The highest BCUT2D eigenvalue weighted by Crippen LogP contribution is 2.26. The molecule has 1 aliphatic heterocycles. The molecule has 0 aromatic heterocycles. The number of benzene rings is 1. The number of alkyl halides is 1. The number of ether oxygens (including phenoxy) is 1. The Morgan fingerprint density at radius 3 is 2.57 bits per heavy atom. The highest BCUT2D eigenvalue weighted by molar-refractivity contribution is 6.21. The number of hydrogen-bond acceptors (Lipinski definition) is 4. The lowest BCUT2D eigenvalue weighted by Gasteiger charge is -2.38. The number of halogens is 1. The lowest BCUT2D eigenvalue weighted by atomic mass is 10.0. The molecule has 1 heterocycles. The predicted molar refractivity (Wildman–Crippen MR) is 92.6 cm³/mol. The molecule has 3 unspecified atom stereocenters. The molecule has 0 amide bonds. The van der Waals surface area contributed by atoms with Gasteiger partial charge in [0, 0.05) is 11.7 Å². The third kappa shape index (κ3) is 4.74. The number of rotatable bonds is 7. The van der Waals surface area contributed by atoms with E-state index in [1.807, 2.05) is 47.4 Å². The molecule has 23 heavy (non-hydrogen) atoms. The van der Waals surface area contributed by atoms with Crippen molar-refractivity contribution in [2.24, 2.45) is 0 Å². The number of nitrogens with zero attached hydrogens (tertiary/aromatic N) is 1. The maximum absolute atomic E-state index is 9.96. The van der Waals surface area contributed by atoms with Crippen molar-refractivity contribution in [2.75, 3.05) is 13.2 Å². The molecule has 126 valence electrons. The standard InChI is InChI=1S/C18H24ClNO3/c1-13(20-17(14(2)22)4-3-5-18(20)19)12-15-6-8-16(9-7-15)23-11-10-21/h3-9,13-14,18,21-22H,10-12H2,1-2H3. The lowest BCUT2D eigenvalue weighted by Crippen LogP contribution is -2.42. The molecular weight excluding hydrogens is 314 g/mol. The first-order valence-electron chi connectivity index (χ1n) is 7.84. The van der Waals surface area contributed by atoms with Crippen LogP contribution in [0.4, 0.5) is 0 Å². The fourth-order valence-electron chi connectivity index (χ4n) is 2.74. The molecule has 0 saturated carbocycles. The van der Waals surface area contributed by atoms with Crippen LogP contribution in [-0.2, 0) is 6.42 Å². The minimum Gasteiger partial charge on any atom is -0.491 e. The van der Waals surface area contributed by atoms with Crippen LogP contribution in [0.25, 0.3) is 0 Å². The fraction of sp³-hybridized carbons (Fsp3) is 0.444. The van der Waals surface area contributed by atoms with E-state index < -0.39 is 6.10 Å². The van der Waals surface area contributed by atoms with Gasteiger partial charge < -0.3 is 19.8 Å². The molecule has 1 aliphatic rings. The van der Waals surface area contributed by atoms with Crippen molar-refractivity contribution in [3.8, 4) is 5.75 Å². The van der Waals surface area contributed by atoms with E-state index in [0.717, 1.165) is 23.4 Å². The first-order chi connectivity index (χ1) is 11.0. The number of aliphatic hydroxyl groups excluding tert-OH is 2. The largest absolute Gasteiger partial charge is 0.491 e. The van der Waals surface area contributed by atoms with Gasteiger partial charge in [-0.2, -0.15) is 0 Å². The Hall–Kier alpha value is -1.49. The van der Waals surface area contributed by atoms with Gasteiger partial charge in [0.2, 0.25) is 0 Å². The zero-order valence-corrected chi connectivity index (χ0v) is 14.3. The second-order valence-electron chi connectivity index (χ2n) is 5.70. The van der Waals surface area contributed by atoms with Crippen LogP contribution in [0.5, 0.6) is 5.75 Å². The molecule has 0 saturated heterocycles. The van der Waals surface area contributed by atoms with Gasteiger partial charge in [-0.25, -0.2) is 0 Å². The third-order valence-electron chi connectivity index (χ3n) is 3.82. The summed E-state index contributed by atoms with van der Waals surface area (Å²) in [4.78, 5) is 2.04. The van der Waals surface area contributed by atoms with Crippen molar-refractivity contribution < 1.29 is 14.9 Å². The molecule has 0 spiro atoms. The minimum atomic E-state index is -0.557. The molecule has 0 bridgehead atoms. The number of allylic oxidation sites excluding steroid dienone is 2. The van der Waals surface area contributed by atoms with E-state index in [0.29, 0.717) is 6.61 Å². The fourth-order valence-corrected chi connectivity index (χ4v) is 3.13. The molecule has 3 atom stereocenters. The first kappa shape index (κ1) is 17.9. The van der Waals surface area contributed by atoms with E-state index in [9.17, 15) is 5.11 Å². The van der Waals surface area contributed by atoms with E-state index in [1.165, 1.54) is 0 Å². The van der Waals surface area contributed by atoms with Gasteiger partial charge in [-0.15, -0.1) is 0 Å². The summed E-state index contributed by atoms with van der Waals surface area (Å²) in [6.45, 7) is 4.15. The van der Waals surface area contributed by atoms with Crippen molar-refractivity contribution in [3.05, 3.63) is 53.8 Å². The second-order valence-corrected chi connectivity index (χ2v) is 6.15. The lowest BCUT2D eigenvalue weighted by molar-refractivity contribution is 0.154. The van der Waals surface area contributed by atoms with Crippen LogP contribution < -0.4 is 4.74 Å². The quantitative estimate of drug-likeness (QED) is 0.593. The maximum atomic E-state index is 9.96. The van der Waals surface area contributed by atoms with Gasteiger partial charge >= 0.3 is 0 Å². The molecule has 0 radical (unpaired) electrons. The van der Waals surface area contributed by atoms with E-state index in [4.69, 9.17) is 21.4 Å². The summed E-state index contributed by atoms with van der Waals surface area (Å²) in [6, 6.07) is 7.97. The predicted octanol–water partition coefficient (Wildman–Crippen LogP) is 2.69. The Labute approximate surface area is 142 Å². The monoisotopic (exact) mass is 337 g/mol. The Morgan fingerprint density at radius 2 is 1.96 bits per heavy atom. The van der Waals surface area contributed by atoms with Crippen molar-refractivity contribution in [1.82, 2.24) is 4.90 Å². The van der Waals surface area contributed by atoms with Gasteiger partial charge in [0.15, 0.2) is 0 Å². The van der Waals surface area contributed by atoms with Gasteiger partial charge in [0.1, 0.15) is 17.9 Å². The molecule has 0 aliphatic carbocycles. The van der Waals surface area contributed by atoms with E-state index in [-0.39, 0.29) is 18.1 Å². The topological polar surface area (TPSA) is 52.9 Å². The van der Waals surface area contributed by atoms with Crippen molar-refractivity contribution >= 4 is 11.6 Å². The Kier molecular flexibility index (Phi) is 6.51. The summed E-state index contributed by atoms with van der Waals surface area (Å²) in [6.07, 6.45) is 5.96. The summed E-state index contributed by atoms with van der Waals surface area (Å²) in [5.41, 5.74) is 1.74. The average Bonchev–Trinajstić information content (AvgIpc) is 2.53. The summed E-state index contributed by atoms with van der Waals surface area (Å²) < 4.78 is 5.36. The first-order valence-corrected chi connectivity index (χ1v) is 8.28. The second kappa shape index (κ2) is 8.39.